The minimum absolute atomic E-state index is 0.236. The molecule has 0 aromatic carbocycles. The smallest absolute Gasteiger partial charge is 0.191 e. The SMILES string of the molecule is CC1(C)O[C@@H]2[C@@H](CO[Si](C)(C)C(C)(C)C)CC[C@@H]2O1. The number of hydrogen-bond donors (Lipinski definition) is 0. The molecule has 0 aromatic heterocycles. The van der Waals surface area contributed by atoms with Crippen LogP contribution in [0.5, 0.6) is 0 Å². The van der Waals surface area contributed by atoms with Gasteiger partial charge in [0.05, 0.1) is 12.2 Å². The summed E-state index contributed by atoms with van der Waals surface area (Å²) < 4.78 is 18.3. The molecule has 0 aromatic rings. The van der Waals surface area contributed by atoms with Crippen molar-refractivity contribution in [1.29, 1.82) is 0 Å². The maximum absolute atomic E-state index is 6.36. The molecular weight excluding hydrogens is 256 g/mol. The molecule has 1 saturated heterocycles. The van der Waals surface area contributed by atoms with Crippen LogP contribution in [0.15, 0.2) is 0 Å². The van der Waals surface area contributed by atoms with Gasteiger partial charge in [-0.2, -0.15) is 0 Å². The van der Waals surface area contributed by atoms with Crippen LogP contribution < -0.4 is 0 Å². The molecule has 0 unspecified atom stereocenters. The Bertz CT molecular complexity index is 333. The van der Waals surface area contributed by atoms with Crippen LogP contribution >= 0.6 is 0 Å². The summed E-state index contributed by atoms with van der Waals surface area (Å²) in [7, 11) is -1.65. The molecule has 112 valence electrons. The molecule has 2 aliphatic rings. The van der Waals surface area contributed by atoms with Crippen LogP contribution in [0.1, 0.15) is 47.5 Å². The van der Waals surface area contributed by atoms with E-state index in [-0.39, 0.29) is 17.2 Å². The first-order chi connectivity index (χ1) is 8.52. The van der Waals surface area contributed by atoms with E-state index in [1.165, 1.54) is 6.42 Å². The highest BCUT2D eigenvalue weighted by Gasteiger charge is 2.49. The number of hydrogen-bond acceptors (Lipinski definition) is 3. The third kappa shape index (κ3) is 3.23. The van der Waals surface area contributed by atoms with Crippen molar-refractivity contribution in [2.24, 2.45) is 5.92 Å². The van der Waals surface area contributed by atoms with Gasteiger partial charge in [0, 0.05) is 12.5 Å². The van der Waals surface area contributed by atoms with Crippen molar-refractivity contribution < 1.29 is 13.9 Å². The highest BCUT2D eigenvalue weighted by Crippen LogP contribution is 2.43. The Morgan fingerprint density at radius 3 is 2.37 bits per heavy atom. The molecule has 1 heterocycles. The molecular formula is C15H30O3Si. The fourth-order valence-corrected chi connectivity index (χ4v) is 3.80. The van der Waals surface area contributed by atoms with Crippen molar-refractivity contribution in [3.05, 3.63) is 0 Å². The summed E-state index contributed by atoms with van der Waals surface area (Å²) in [5, 5.41) is 0.275. The van der Waals surface area contributed by atoms with E-state index in [0.29, 0.717) is 5.92 Å². The Kier molecular flexibility index (Phi) is 3.94. The third-order valence-corrected chi connectivity index (χ3v) is 9.47. The molecule has 0 spiro atoms. The molecule has 0 radical (unpaired) electrons. The lowest BCUT2D eigenvalue weighted by atomic mass is 10.1. The maximum atomic E-state index is 6.36. The predicted octanol–water partition coefficient (Wildman–Crippen LogP) is 3.94. The summed E-state index contributed by atoms with van der Waals surface area (Å²) in [6.45, 7) is 16.3. The molecule has 1 aliphatic carbocycles. The monoisotopic (exact) mass is 286 g/mol. The van der Waals surface area contributed by atoms with Gasteiger partial charge in [-0.25, -0.2) is 0 Å². The molecule has 3 nitrogen and oxygen atoms in total. The Balaban J connectivity index is 1.91. The fourth-order valence-electron chi connectivity index (χ4n) is 2.74. The lowest BCUT2D eigenvalue weighted by Gasteiger charge is -2.37. The van der Waals surface area contributed by atoms with Crippen molar-refractivity contribution in [3.8, 4) is 0 Å². The summed E-state index contributed by atoms with van der Waals surface area (Å²) in [5.74, 6) is 0.0891. The van der Waals surface area contributed by atoms with Gasteiger partial charge < -0.3 is 13.9 Å². The summed E-state index contributed by atoms with van der Waals surface area (Å²) in [4.78, 5) is 0. The zero-order chi connectivity index (χ0) is 14.5. The van der Waals surface area contributed by atoms with E-state index in [1.54, 1.807) is 0 Å². The quantitative estimate of drug-likeness (QED) is 0.736. The van der Waals surface area contributed by atoms with Gasteiger partial charge in [-0.1, -0.05) is 20.8 Å². The topological polar surface area (TPSA) is 27.7 Å². The van der Waals surface area contributed by atoms with E-state index < -0.39 is 14.1 Å². The first-order valence-electron chi connectivity index (χ1n) is 7.51. The molecule has 2 rings (SSSR count). The first kappa shape index (κ1) is 15.5. The van der Waals surface area contributed by atoms with E-state index in [4.69, 9.17) is 13.9 Å². The molecule has 2 fully saturated rings. The van der Waals surface area contributed by atoms with Crippen molar-refractivity contribution >= 4 is 8.32 Å². The standard InChI is InChI=1S/C15H30O3Si/c1-14(2,3)19(6,7)16-10-11-8-9-12-13(11)18-15(4,5)17-12/h11-13H,8-10H2,1-7H3/t11-,12+,13-/m1/s1. The van der Waals surface area contributed by atoms with Gasteiger partial charge in [-0.15, -0.1) is 0 Å². The van der Waals surface area contributed by atoms with Crippen molar-refractivity contribution in [2.75, 3.05) is 6.61 Å². The summed E-state index contributed by atoms with van der Waals surface area (Å²) in [6.07, 6.45) is 2.79. The minimum atomic E-state index is -1.65. The van der Waals surface area contributed by atoms with Crippen LogP contribution in [-0.4, -0.2) is 32.9 Å². The van der Waals surface area contributed by atoms with Crippen molar-refractivity contribution in [2.45, 2.75) is 83.6 Å². The van der Waals surface area contributed by atoms with Crippen molar-refractivity contribution in [3.63, 3.8) is 0 Å². The fraction of sp³-hybridized carbons (Fsp3) is 1.00. The Labute approximate surface area is 119 Å². The van der Waals surface area contributed by atoms with Crippen LogP contribution in [0, 0.1) is 5.92 Å². The normalized spacial score (nSPS) is 34.6. The maximum Gasteiger partial charge on any atom is 0.191 e. The van der Waals surface area contributed by atoms with Gasteiger partial charge in [0.15, 0.2) is 14.1 Å². The highest BCUT2D eigenvalue weighted by atomic mass is 28.4. The predicted molar refractivity (Wildman–Crippen MR) is 79.7 cm³/mol. The van der Waals surface area contributed by atoms with Crippen molar-refractivity contribution in [1.82, 2.24) is 0 Å². The first-order valence-corrected chi connectivity index (χ1v) is 10.4. The lowest BCUT2D eigenvalue weighted by molar-refractivity contribution is -0.157. The minimum Gasteiger partial charge on any atom is -0.416 e. The van der Waals surface area contributed by atoms with E-state index >= 15 is 0 Å². The Morgan fingerprint density at radius 1 is 1.16 bits per heavy atom. The van der Waals surface area contributed by atoms with Gasteiger partial charge in [0.1, 0.15) is 0 Å². The number of fused-ring (bicyclic) bond motifs is 1. The van der Waals surface area contributed by atoms with E-state index in [2.05, 4.69) is 33.9 Å². The zero-order valence-electron chi connectivity index (χ0n) is 13.6. The molecule has 0 N–H and O–H groups in total. The van der Waals surface area contributed by atoms with Crippen LogP contribution in [0.2, 0.25) is 18.1 Å². The number of ether oxygens (including phenoxy) is 2. The second-order valence-corrected chi connectivity index (χ2v) is 12.9. The van der Waals surface area contributed by atoms with Gasteiger partial charge in [-0.3, -0.25) is 0 Å². The molecule has 0 bridgehead atoms. The summed E-state index contributed by atoms with van der Waals surface area (Å²) in [5.41, 5.74) is 0. The average molecular weight is 286 g/mol. The van der Waals surface area contributed by atoms with Gasteiger partial charge in [-0.05, 0) is 44.8 Å². The summed E-state index contributed by atoms with van der Waals surface area (Å²) >= 11 is 0. The van der Waals surface area contributed by atoms with Crippen LogP contribution in [-0.2, 0) is 13.9 Å². The lowest BCUT2D eigenvalue weighted by Crippen LogP contribution is -2.43. The van der Waals surface area contributed by atoms with Gasteiger partial charge in [0.2, 0.25) is 0 Å². The highest BCUT2D eigenvalue weighted by molar-refractivity contribution is 6.74. The largest absolute Gasteiger partial charge is 0.416 e. The molecule has 19 heavy (non-hydrogen) atoms. The molecule has 3 atom stereocenters. The molecule has 1 aliphatic heterocycles. The van der Waals surface area contributed by atoms with Crippen LogP contribution in [0.25, 0.3) is 0 Å². The van der Waals surface area contributed by atoms with Gasteiger partial charge >= 0.3 is 0 Å². The van der Waals surface area contributed by atoms with E-state index in [9.17, 15) is 0 Å². The Morgan fingerprint density at radius 2 is 1.79 bits per heavy atom. The molecule has 4 heteroatoms. The van der Waals surface area contributed by atoms with Gasteiger partial charge in [0.25, 0.3) is 0 Å². The van der Waals surface area contributed by atoms with Crippen LogP contribution in [0.3, 0.4) is 0 Å². The van der Waals surface area contributed by atoms with E-state index in [0.717, 1.165) is 13.0 Å². The van der Waals surface area contributed by atoms with Crippen LogP contribution in [0.4, 0.5) is 0 Å². The third-order valence-electron chi connectivity index (χ3n) is 4.97. The second kappa shape index (κ2) is 4.83. The second-order valence-electron chi connectivity index (χ2n) is 8.05. The zero-order valence-corrected chi connectivity index (χ0v) is 14.6. The average Bonchev–Trinajstić information content (AvgIpc) is 2.68. The Hall–Kier alpha value is 0.0969. The van der Waals surface area contributed by atoms with E-state index in [1.807, 2.05) is 13.8 Å². The number of rotatable bonds is 3. The molecule has 0 amide bonds. The molecule has 1 saturated carbocycles. The summed E-state index contributed by atoms with van der Waals surface area (Å²) in [6, 6.07) is 0.